The van der Waals surface area contributed by atoms with Crippen LogP contribution in [0.4, 0.5) is 19.0 Å². The van der Waals surface area contributed by atoms with Crippen molar-refractivity contribution in [3.63, 3.8) is 0 Å². The van der Waals surface area contributed by atoms with Gasteiger partial charge in [-0.25, -0.2) is 0 Å². The van der Waals surface area contributed by atoms with Gasteiger partial charge in [0.15, 0.2) is 5.65 Å². The first-order chi connectivity index (χ1) is 13.2. The number of anilines is 1. The predicted molar refractivity (Wildman–Crippen MR) is 95.7 cm³/mol. The molecule has 2 saturated heterocycles. The summed E-state index contributed by atoms with van der Waals surface area (Å²) in [6.07, 6.45) is -2.24. The van der Waals surface area contributed by atoms with Gasteiger partial charge in [0.2, 0.25) is 5.91 Å². The molecule has 28 heavy (non-hydrogen) atoms. The van der Waals surface area contributed by atoms with Crippen LogP contribution in [-0.2, 0) is 11.0 Å². The fourth-order valence-electron chi connectivity index (χ4n) is 4.32. The highest BCUT2D eigenvalue weighted by molar-refractivity contribution is 5.79. The topological polar surface area (TPSA) is 66.6 Å². The predicted octanol–water partition coefficient (Wildman–Crippen LogP) is 2.62. The molecular weight excluding hydrogens is 373 g/mol. The van der Waals surface area contributed by atoms with Crippen molar-refractivity contribution in [3.05, 3.63) is 18.0 Å². The molecule has 4 rings (SSSR count). The van der Waals surface area contributed by atoms with E-state index in [1.165, 1.54) is 6.07 Å². The van der Waals surface area contributed by atoms with E-state index < -0.39 is 12.0 Å². The number of amides is 1. The Kier molecular flexibility index (Phi) is 4.67. The van der Waals surface area contributed by atoms with Crippen LogP contribution in [0.2, 0.25) is 0 Å². The molecule has 0 bridgehead atoms. The number of hydrogen-bond acceptors (Lipinski definition) is 5. The van der Waals surface area contributed by atoms with Gasteiger partial charge in [-0.15, -0.1) is 15.3 Å². The summed E-state index contributed by atoms with van der Waals surface area (Å²) in [7, 11) is 0. The Morgan fingerprint density at radius 2 is 1.86 bits per heavy atom. The Hall–Kier alpha value is -2.39. The minimum atomic E-state index is -4.62. The van der Waals surface area contributed by atoms with Gasteiger partial charge < -0.3 is 9.80 Å². The van der Waals surface area contributed by atoms with Crippen LogP contribution < -0.4 is 4.90 Å². The molecule has 152 valence electrons. The fourth-order valence-corrected chi connectivity index (χ4v) is 4.32. The fraction of sp³-hybridized carbons (Fsp3) is 0.667. The Balaban J connectivity index is 1.46. The first kappa shape index (κ1) is 18.9. The number of fused-ring (bicyclic) bond motifs is 1. The maximum absolute atomic E-state index is 13.1. The van der Waals surface area contributed by atoms with Crippen molar-refractivity contribution >= 4 is 17.4 Å². The number of carbonyl (C=O) groups is 1. The summed E-state index contributed by atoms with van der Waals surface area (Å²) < 4.78 is 39.9. The molecule has 2 aliphatic heterocycles. The lowest BCUT2D eigenvalue weighted by Crippen LogP contribution is -2.44. The smallest absolute Gasteiger partial charge is 0.355 e. The highest BCUT2D eigenvalue weighted by Crippen LogP contribution is 2.30. The lowest BCUT2D eigenvalue weighted by atomic mass is 9.95. The van der Waals surface area contributed by atoms with E-state index in [2.05, 4.69) is 29.1 Å². The van der Waals surface area contributed by atoms with Crippen molar-refractivity contribution in [1.29, 1.82) is 0 Å². The van der Waals surface area contributed by atoms with E-state index in [0.717, 1.165) is 17.5 Å². The molecule has 0 aromatic carbocycles. The number of rotatable bonds is 2. The molecule has 2 fully saturated rings. The molecule has 4 heterocycles. The molecular formula is C18H23F3N6O. The molecule has 0 N–H and O–H groups in total. The van der Waals surface area contributed by atoms with Gasteiger partial charge in [0, 0.05) is 31.6 Å². The minimum Gasteiger partial charge on any atom is -0.355 e. The van der Waals surface area contributed by atoms with Gasteiger partial charge in [-0.2, -0.15) is 17.7 Å². The molecule has 1 amide bonds. The second-order valence-corrected chi connectivity index (χ2v) is 7.92. The zero-order chi connectivity index (χ0) is 20.1. The monoisotopic (exact) mass is 396 g/mol. The SMILES string of the molecule is CC1CC(C)N(C(=O)C2CCN(c3ccc4nnc(C(F)(F)F)n4n3)CC2)C1. The number of likely N-dealkylation sites (tertiary alicyclic amines) is 1. The van der Waals surface area contributed by atoms with Crippen molar-refractivity contribution < 1.29 is 18.0 Å². The van der Waals surface area contributed by atoms with Crippen molar-refractivity contribution in [3.8, 4) is 0 Å². The van der Waals surface area contributed by atoms with E-state index in [4.69, 9.17) is 0 Å². The summed E-state index contributed by atoms with van der Waals surface area (Å²) in [4.78, 5) is 16.7. The number of aromatic nitrogens is 4. The largest absolute Gasteiger partial charge is 0.453 e. The van der Waals surface area contributed by atoms with E-state index >= 15 is 0 Å². The van der Waals surface area contributed by atoms with Crippen LogP contribution in [0.5, 0.6) is 0 Å². The normalized spacial score (nSPS) is 24.3. The zero-order valence-electron chi connectivity index (χ0n) is 15.9. The van der Waals surface area contributed by atoms with Crippen LogP contribution in [0.1, 0.15) is 38.9 Å². The second-order valence-electron chi connectivity index (χ2n) is 7.92. The number of piperidine rings is 1. The lowest BCUT2D eigenvalue weighted by molar-refractivity contribution is -0.146. The van der Waals surface area contributed by atoms with Crippen LogP contribution in [0, 0.1) is 11.8 Å². The summed E-state index contributed by atoms with van der Waals surface area (Å²) >= 11 is 0. The number of carbonyl (C=O) groups excluding carboxylic acids is 1. The molecule has 2 aromatic heterocycles. The first-order valence-electron chi connectivity index (χ1n) is 9.59. The standard InChI is InChI=1S/C18H23F3N6O/c1-11-9-12(2)26(10-11)16(28)13-5-7-25(8-6-13)15-4-3-14-22-23-17(18(19,20)21)27(14)24-15/h3-4,11-13H,5-10H2,1-2H3. The summed E-state index contributed by atoms with van der Waals surface area (Å²) in [6.45, 7) is 6.22. The maximum Gasteiger partial charge on any atom is 0.453 e. The van der Waals surface area contributed by atoms with Crippen LogP contribution in [0.3, 0.4) is 0 Å². The summed E-state index contributed by atoms with van der Waals surface area (Å²) in [5.74, 6) is 0.00598. The van der Waals surface area contributed by atoms with Crippen molar-refractivity contribution in [1.82, 2.24) is 24.7 Å². The van der Waals surface area contributed by atoms with Gasteiger partial charge in [-0.1, -0.05) is 6.92 Å². The molecule has 10 heteroatoms. The Bertz CT molecular complexity index is 874. The Labute approximate surface area is 160 Å². The van der Waals surface area contributed by atoms with Crippen LogP contribution in [0.15, 0.2) is 12.1 Å². The number of alkyl halides is 3. The van der Waals surface area contributed by atoms with E-state index in [1.54, 1.807) is 6.07 Å². The maximum atomic E-state index is 13.1. The molecule has 7 nitrogen and oxygen atoms in total. The molecule has 2 aromatic rings. The molecule has 2 unspecified atom stereocenters. The van der Waals surface area contributed by atoms with Crippen molar-refractivity contribution in [2.75, 3.05) is 24.5 Å². The average Bonchev–Trinajstić information content (AvgIpc) is 3.23. The van der Waals surface area contributed by atoms with E-state index in [1.807, 2.05) is 9.80 Å². The second kappa shape index (κ2) is 6.89. The van der Waals surface area contributed by atoms with E-state index in [9.17, 15) is 18.0 Å². The third-order valence-corrected chi connectivity index (χ3v) is 5.74. The summed E-state index contributed by atoms with van der Waals surface area (Å²) in [6, 6.07) is 3.41. The van der Waals surface area contributed by atoms with Crippen molar-refractivity contribution in [2.45, 2.75) is 45.3 Å². The highest BCUT2D eigenvalue weighted by atomic mass is 19.4. The highest BCUT2D eigenvalue weighted by Gasteiger charge is 2.38. The van der Waals surface area contributed by atoms with Crippen LogP contribution in [0.25, 0.3) is 5.65 Å². The van der Waals surface area contributed by atoms with Gasteiger partial charge >= 0.3 is 6.18 Å². The average molecular weight is 396 g/mol. The van der Waals surface area contributed by atoms with Crippen LogP contribution >= 0.6 is 0 Å². The van der Waals surface area contributed by atoms with Crippen molar-refractivity contribution in [2.24, 2.45) is 11.8 Å². The third-order valence-electron chi connectivity index (χ3n) is 5.74. The number of hydrogen-bond donors (Lipinski definition) is 0. The zero-order valence-corrected chi connectivity index (χ0v) is 15.9. The molecule has 0 radical (unpaired) electrons. The molecule has 2 aliphatic rings. The summed E-state index contributed by atoms with van der Waals surface area (Å²) in [5.41, 5.74) is 0.0540. The van der Waals surface area contributed by atoms with E-state index in [-0.39, 0.29) is 23.5 Å². The minimum absolute atomic E-state index is 0.0339. The van der Waals surface area contributed by atoms with Gasteiger partial charge in [-0.3, -0.25) is 4.79 Å². The van der Waals surface area contributed by atoms with Gasteiger partial charge in [0.1, 0.15) is 5.82 Å². The quantitative estimate of drug-likeness (QED) is 0.781. The molecule has 0 spiro atoms. The molecule has 0 saturated carbocycles. The van der Waals surface area contributed by atoms with Gasteiger partial charge in [0.05, 0.1) is 0 Å². The lowest BCUT2D eigenvalue weighted by Gasteiger charge is -2.34. The number of halogens is 3. The van der Waals surface area contributed by atoms with Crippen LogP contribution in [-0.4, -0.2) is 56.3 Å². The number of nitrogens with zero attached hydrogens (tertiary/aromatic N) is 6. The summed E-state index contributed by atoms with van der Waals surface area (Å²) in [5, 5.41) is 10.8. The Morgan fingerprint density at radius 3 is 2.46 bits per heavy atom. The molecule has 0 aliphatic carbocycles. The van der Waals surface area contributed by atoms with E-state index in [0.29, 0.717) is 37.7 Å². The van der Waals surface area contributed by atoms with Gasteiger partial charge in [0.25, 0.3) is 5.82 Å². The van der Waals surface area contributed by atoms with Gasteiger partial charge in [-0.05, 0) is 44.2 Å². The third kappa shape index (κ3) is 3.40. The molecule has 2 atom stereocenters. The Morgan fingerprint density at radius 1 is 1.14 bits per heavy atom. The first-order valence-corrected chi connectivity index (χ1v) is 9.59.